The lowest BCUT2D eigenvalue weighted by Gasteiger charge is -2.06. The van der Waals surface area contributed by atoms with Gasteiger partial charge in [-0.25, -0.2) is 4.98 Å². The standard InChI is InChI=1S/C11H17N5OS/c1-2-17-9-10(12)16-18-11(9)15-5-3-4-8-13-6-7-14-8/h6-7,15H,2-5H2,1H3,(H2,12,16)(H,13,14). The number of imidazole rings is 1. The summed E-state index contributed by atoms with van der Waals surface area (Å²) in [4.78, 5) is 7.25. The van der Waals surface area contributed by atoms with Crippen LogP contribution in [0.1, 0.15) is 19.2 Å². The van der Waals surface area contributed by atoms with Crippen molar-refractivity contribution in [1.29, 1.82) is 0 Å². The Bertz CT molecular complexity index is 468. The highest BCUT2D eigenvalue weighted by molar-refractivity contribution is 7.11. The Kier molecular flexibility index (Phi) is 4.40. The molecule has 0 aromatic carbocycles. The first-order chi connectivity index (χ1) is 8.81. The highest BCUT2D eigenvalue weighted by atomic mass is 32.1. The average molecular weight is 267 g/mol. The molecule has 0 aliphatic rings. The van der Waals surface area contributed by atoms with Crippen molar-refractivity contribution in [2.24, 2.45) is 0 Å². The van der Waals surface area contributed by atoms with Gasteiger partial charge in [-0.05, 0) is 24.9 Å². The summed E-state index contributed by atoms with van der Waals surface area (Å²) in [5.41, 5.74) is 5.73. The number of aromatic nitrogens is 3. The summed E-state index contributed by atoms with van der Waals surface area (Å²) in [6, 6.07) is 0. The van der Waals surface area contributed by atoms with Crippen LogP contribution in [0.15, 0.2) is 12.4 Å². The quantitative estimate of drug-likeness (QED) is 0.667. The second-order valence-corrected chi connectivity index (χ2v) is 4.50. The number of nitrogen functional groups attached to an aromatic ring is 1. The molecule has 0 unspecified atom stereocenters. The van der Waals surface area contributed by atoms with E-state index in [0.717, 1.165) is 30.2 Å². The minimum atomic E-state index is 0.454. The van der Waals surface area contributed by atoms with E-state index in [9.17, 15) is 0 Å². The second-order valence-electron chi connectivity index (χ2n) is 3.73. The molecule has 0 fully saturated rings. The van der Waals surface area contributed by atoms with Crippen molar-refractivity contribution in [3.63, 3.8) is 0 Å². The number of hydrogen-bond donors (Lipinski definition) is 3. The predicted octanol–water partition coefficient (Wildman–Crippen LogP) is 1.89. The highest BCUT2D eigenvalue weighted by Gasteiger charge is 2.11. The van der Waals surface area contributed by atoms with Crippen LogP contribution in [0.4, 0.5) is 10.8 Å². The number of nitrogens with zero attached hydrogens (tertiary/aromatic N) is 2. The number of aryl methyl sites for hydroxylation is 1. The van der Waals surface area contributed by atoms with Gasteiger partial charge in [-0.3, -0.25) is 0 Å². The summed E-state index contributed by atoms with van der Waals surface area (Å²) in [6.07, 6.45) is 5.49. The van der Waals surface area contributed by atoms with Crippen LogP contribution in [-0.4, -0.2) is 27.5 Å². The molecule has 4 N–H and O–H groups in total. The molecular weight excluding hydrogens is 250 g/mol. The molecule has 0 bridgehead atoms. The lowest BCUT2D eigenvalue weighted by molar-refractivity contribution is 0.344. The fourth-order valence-corrected chi connectivity index (χ4v) is 2.27. The Labute approximate surface area is 110 Å². The summed E-state index contributed by atoms with van der Waals surface area (Å²) < 4.78 is 9.53. The summed E-state index contributed by atoms with van der Waals surface area (Å²) in [6.45, 7) is 3.35. The maximum atomic E-state index is 5.73. The predicted molar refractivity (Wildman–Crippen MR) is 73.1 cm³/mol. The number of hydrogen-bond acceptors (Lipinski definition) is 6. The minimum Gasteiger partial charge on any atom is -0.487 e. The van der Waals surface area contributed by atoms with Gasteiger partial charge >= 0.3 is 0 Å². The number of rotatable bonds is 7. The molecule has 18 heavy (non-hydrogen) atoms. The molecule has 2 heterocycles. The summed E-state index contributed by atoms with van der Waals surface area (Å²) in [5, 5.41) is 4.19. The zero-order valence-corrected chi connectivity index (χ0v) is 11.1. The third kappa shape index (κ3) is 3.13. The van der Waals surface area contributed by atoms with Crippen molar-refractivity contribution < 1.29 is 4.74 Å². The van der Waals surface area contributed by atoms with E-state index >= 15 is 0 Å². The average Bonchev–Trinajstić information content (AvgIpc) is 2.98. The number of aromatic amines is 1. The Morgan fingerprint density at radius 1 is 1.56 bits per heavy atom. The van der Waals surface area contributed by atoms with Gasteiger partial charge in [0.1, 0.15) is 5.82 Å². The van der Waals surface area contributed by atoms with Gasteiger partial charge in [-0.2, -0.15) is 4.37 Å². The van der Waals surface area contributed by atoms with E-state index in [1.807, 2.05) is 13.1 Å². The summed E-state index contributed by atoms with van der Waals surface area (Å²) >= 11 is 1.33. The van der Waals surface area contributed by atoms with Crippen molar-refractivity contribution >= 4 is 22.4 Å². The smallest absolute Gasteiger partial charge is 0.197 e. The van der Waals surface area contributed by atoms with Crippen LogP contribution in [0.5, 0.6) is 5.75 Å². The number of nitrogens with one attached hydrogen (secondary N) is 2. The molecule has 7 heteroatoms. The lowest BCUT2D eigenvalue weighted by Crippen LogP contribution is -2.04. The van der Waals surface area contributed by atoms with Gasteiger partial charge in [0.15, 0.2) is 16.6 Å². The molecule has 6 nitrogen and oxygen atoms in total. The monoisotopic (exact) mass is 267 g/mol. The van der Waals surface area contributed by atoms with E-state index in [-0.39, 0.29) is 0 Å². The first-order valence-corrected chi connectivity index (χ1v) is 6.68. The molecule has 0 radical (unpaired) electrons. The molecule has 0 aliphatic heterocycles. The van der Waals surface area contributed by atoms with E-state index < -0.39 is 0 Å². The van der Waals surface area contributed by atoms with Crippen LogP contribution in [0, 0.1) is 0 Å². The minimum absolute atomic E-state index is 0.454. The lowest BCUT2D eigenvalue weighted by atomic mass is 10.3. The van der Waals surface area contributed by atoms with Crippen LogP contribution >= 0.6 is 11.5 Å². The third-order valence-electron chi connectivity index (χ3n) is 2.39. The molecule has 0 saturated carbocycles. The van der Waals surface area contributed by atoms with Crippen LogP contribution in [0.3, 0.4) is 0 Å². The fraction of sp³-hybridized carbons (Fsp3) is 0.455. The molecular formula is C11H17N5OS. The van der Waals surface area contributed by atoms with Gasteiger partial charge in [0, 0.05) is 25.4 Å². The second kappa shape index (κ2) is 6.25. The van der Waals surface area contributed by atoms with Crippen LogP contribution in [0.25, 0.3) is 0 Å². The van der Waals surface area contributed by atoms with E-state index in [2.05, 4.69) is 19.7 Å². The molecule has 0 aliphatic carbocycles. The van der Waals surface area contributed by atoms with Gasteiger partial charge in [0.05, 0.1) is 6.61 Å². The van der Waals surface area contributed by atoms with Crippen molar-refractivity contribution in [2.75, 3.05) is 24.2 Å². The fourth-order valence-electron chi connectivity index (χ4n) is 1.58. The first kappa shape index (κ1) is 12.7. The Balaban J connectivity index is 1.79. The van der Waals surface area contributed by atoms with Gasteiger partial charge in [-0.15, -0.1) is 0 Å². The molecule has 0 spiro atoms. The molecule has 2 aromatic heterocycles. The Morgan fingerprint density at radius 2 is 2.44 bits per heavy atom. The number of nitrogens with two attached hydrogens (primary N) is 1. The Hall–Kier alpha value is -1.76. The highest BCUT2D eigenvalue weighted by Crippen LogP contribution is 2.34. The summed E-state index contributed by atoms with van der Waals surface area (Å²) in [5.74, 6) is 2.13. The largest absolute Gasteiger partial charge is 0.487 e. The van der Waals surface area contributed by atoms with Gasteiger partial charge in [0.2, 0.25) is 0 Å². The van der Waals surface area contributed by atoms with Crippen molar-refractivity contribution in [1.82, 2.24) is 14.3 Å². The molecule has 0 atom stereocenters. The van der Waals surface area contributed by atoms with Crippen molar-refractivity contribution in [2.45, 2.75) is 19.8 Å². The van der Waals surface area contributed by atoms with Gasteiger partial charge in [-0.1, -0.05) is 0 Å². The van der Waals surface area contributed by atoms with Gasteiger partial charge < -0.3 is 20.8 Å². The number of ether oxygens (including phenoxy) is 1. The zero-order valence-electron chi connectivity index (χ0n) is 10.3. The Morgan fingerprint density at radius 3 is 3.17 bits per heavy atom. The molecule has 2 aromatic rings. The summed E-state index contributed by atoms with van der Waals surface area (Å²) in [7, 11) is 0. The van der Waals surface area contributed by atoms with Crippen molar-refractivity contribution in [3.8, 4) is 5.75 Å². The number of H-pyrrole nitrogens is 1. The molecule has 2 rings (SSSR count). The topological polar surface area (TPSA) is 88.8 Å². The van der Waals surface area contributed by atoms with Crippen LogP contribution < -0.4 is 15.8 Å². The first-order valence-electron chi connectivity index (χ1n) is 5.91. The number of anilines is 2. The maximum Gasteiger partial charge on any atom is 0.197 e. The maximum absolute atomic E-state index is 5.73. The third-order valence-corrected chi connectivity index (χ3v) is 3.19. The van der Waals surface area contributed by atoms with Crippen LogP contribution in [0.2, 0.25) is 0 Å². The van der Waals surface area contributed by atoms with Gasteiger partial charge in [0.25, 0.3) is 0 Å². The zero-order chi connectivity index (χ0) is 12.8. The van der Waals surface area contributed by atoms with Crippen molar-refractivity contribution in [3.05, 3.63) is 18.2 Å². The SMILES string of the molecule is CCOc1c(N)nsc1NCCCc1ncc[nH]1. The van der Waals surface area contributed by atoms with E-state index in [1.165, 1.54) is 11.5 Å². The van der Waals surface area contributed by atoms with Crippen LogP contribution in [-0.2, 0) is 6.42 Å². The van der Waals surface area contributed by atoms with E-state index in [0.29, 0.717) is 18.2 Å². The normalized spacial score (nSPS) is 10.5. The molecule has 0 amide bonds. The van der Waals surface area contributed by atoms with E-state index in [1.54, 1.807) is 6.20 Å². The van der Waals surface area contributed by atoms with E-state index in [4.69, 9.17) is 10.5 Å². The molecule has 0 saturated heterocycles. The molecule has 98 valence electrons.